The molecule has 0 saturated carbocycles. The van der Waals surface area contributed by atoms with Gasteiger partial charge in [0.05, 0.1) is 0 Å². The molecule has 1 fully saturated rings. The molecule has 1 heterocycles. The van der Waals surface area contributed by atoms with Crippen molar-refractivity contribution in [1.82, 2.24) is 15.5 Å². The van der Waals surface area contributed by atoms with Gasteiger partial charge in [0.25, 0.3) is 0 Å². The Morgan fingerprint density at radius 3 is 2.43 bits per heavy atom. The highest BCUT2D eigenvalue weighted by molar-refractivity contribution is 5.86. The summed E-state index contributed by atoms with van der Waals surface area (Å²) in [5.41, 5.74) is -0.568. The molecule has 1 saturated heterocycles. The maximum Gasteiger partial charge on any atom is 0.408 e. The van der Waals surface area contributed by atoms with Crippen molar-refractivity contribution in [2.45, 2.75) is 52.7 Å². The first-order chi connectivity index (χ1) is 9.70. The number of nitrogens with zero attached hydrogens (tertiary/aromatic N) is 1. The van der Waals surface area contributed by atoms with E-state index in [1.807, 2.05) is 18.7 Å². The first kappa shape index (κ1) is 17.8. The summed E-state index contributed by atoms with van der Waals surface area (Å²) >= 11 is 0. The van der Waals surface area contributed by atoms with Gasteiger partial charge in [-0.15, -0.1) is 0 Å². The Labute approximate surface area is 127 Å². The fourth-order valence-electron chi connectivity index (χ4n) is 2.21. The summed E-state index contributed by atoms with van der Waals surface area (Å²) < 4.78 is 5.25. The lowest BCUT2D eigenvalue weighted by molar-refractivity contribution is -0.134. The zero-order chi connectivity index (χ0) is 16.0. The van der Waals surface area contributed by atoms with Crippen molar-refractivity contribution in [1.29, 1.82) is 0 Å². The molecule has 1 rings (SSSR count). The van der Waals surface area contributed by atoms with Crippen LogP contribution in [0, 0.1) is 5.92 Å². The van der Waals surface area contributed by atoms with Gasteiger partial charge in [0.15, 0.2) is 0 Å². The number of amides is 2. The van der Waals surface area contributed by atoms with E-state index >= 15 is 0 Å². The van der Waals surface area contributed by atoms with Gasteiger partial charge in [-0.25, -0.2) is 4.79 Å². The summed E-state index contributed by atoms with van der Waals surface area (Å²) in [6.45, 7) is 12.4. The molecule has 21 heavy (non-hydrogen) atoms. The Bertz CT molecular complexity index is 356. The average Bonchev–Trinajstić information content (AvgIpc) is 2.61. The van der Waals surface area contributed by atoms with E-state index < -0.39 is 17.7 Å². The maximum absolute atomic E-state index is 12.6. The molecule has 1 atom stereocenters. The average molecular weight is 299 g/mol. The predicted octanol–water partition coefficient (Wildman–Crippen LogP) is 1.36. The minimum absolute atomic E-state index is 0.0150. The number of rotatable bonds is 3. The number of hydrogen-bond acceptors (Lipinski definition) is 4. The smallest absolute Gasteiger partial charge is 0.408 e. The fourth-order valence-corrected chi connectivity index (χ4v) is 2.21. The lowest BCUT2D eigenvalue weighted by Gasteiger charge is -2.29. The van der Waals surface area contributed by atoms with Crippen LogP contribution in [0.4, 0.5) is 4.79 Å². The molecule has 122 valence electrons. The van der Waals surface area contributed by atoms with E-state index in [9.17, 15) is 9.59 Å². The van der Waals surface area contributed by atoms with Crippen LogP contribution in [-0.2, 0) is 9.53 Å². The molecule has 0 aliphatic carbocycles. The van der Waals surface area contributed by atoms with Crippen LogP contribution < -0.4 is 10.6 Å². The van der Waals surface area contributed by atoms with Crippen molar-refractivity contribution in [3.05, 3.63) is 0 Å². The first-order valence-corrected chi connectivity index (χ1v) is 7.70. The summed E-state index contributed by atoms with van der Waals surface area (Å²) in [6, 6.07) is -0.544. The van der Waals surface area contributed by atoms with Crippen molar-refractivity contribution in [3.8, 4) is 0 Å². The molecule has 0 radical (unpaired) electrons. The summed E-state index contributed by atoms with van der Waals surface area (Å²) in [5.74, 6) is -0.0132. The highest BCUT2D eigenvalue weighted by atomic mass is 16.6. The number of alkyl carbamates (subject to hydrolysis) is 1. The second-order valence-corrected chi connectivity index (χ2v) is 6.80. The van der Waals surface area contributed by atoms with Crippen LogP contribution in [0.1, 0.15) is 41.0 Å². The molecular weight excluding hydrogens is 270 g/mol. The van der Waals surface area contributed by atoms with Crippen molar-refractivity contribution in [3.63, 3.8) is 0 Å². The van der Waals surface area contributed by atoms with Crippen molar-refractivity contribution in [2.24, 2.45) is 5.92 Å². The van der Waals surface area contributed by atoms with E-state index in [0.717, 1.165) is 26.1 Å². The van der Waals surface area contributed by atoms with Gasteiger partial charge >= 0.3 is 6.09 Å². The quantitative estimate of drug-likeness (QED) is 0.825. The van der Waals surface area contributed by atoms with Crippen LogP contribution in [0.3, 0.4) is 0 Å². The molecular formula is C15H29N3O3. The van der Waals surface area contributed by atoms with Crippen LogP contribution in [0.15, 0.2) is 0 Å². The molecule has 0 aromatic rings. The molecule has 1 unspecified atom stereocenters. The maximum atomic E-state index is 12.6. The van der Waals surface area contributed by atoms with Crippen molar-refractivity contribution >= 4 is 12.0 Å². The van der Waals surface area contributed by atoms with Crippen LogP contribution in [0.5, 0.6) is 0 Å². The molecule has 6 heteroatoms. The van der Waals surface area contributed by atoms with Gasteiger partial charge in [-0.2, -0.15) is 0 Å². The molecule has 0 spiro atoms. The standard InChI is InChI=1S/C15H29N3O3/c1-11(2)12(17-14(20)21-15(3,4)5)13(19)18-9-6-7-16-8-10-18/h11-12,16H,6-10H2,1-5H3,(H,17,20). The zero-order valence-corrected chi connectivity index (χ0v) is 13.9. The lowest BCUT2D eigenvalue weighted by atomic mass is 10.0. The monoisotopic (exact) mass is 299 g/mol. The molecule has 0 bridgehead atoms. The van der Waals surface area contributed by atoms with Gasteiger partial charge in [0.1, 0.15) is 11.6 Å². The number of carbonyl (C=O) groups excluding carboxylic acids is 2. The van der Waals surface area contributed by atoms with Crippen LogP contribution >= 0.6 is 0 Å². The van der Waals surface area contributed by atoms with Gasteiger partial charge in [-0.1, -0.05) is 13.8 Å². The molecule has 2 amide bonds. The third-order valence-corrected chi connectivity index (χ3v) is 3.26. The minimum Gasteiger partial charge on any atom is -0.444 e. The normalized spacial score (nSPS) is 18.1. The predicted molar refractivity (Wildman–Crippen MR) is 82.1 cm³/mol. The molecule has 1 aliphatic heterocycles. The summed E-state index contributed by atoms with van der Waals surface area (Å²) in [7, 11) is 0. The number of hydrogen-bond donors (Lipinski definition) is 2. The van der Waals surface area contributed by atoms with Gasteiger partial charge in [-0.3, -0.25) is 4.79 Å². The third-order valence-electron chi connectivity index (χ3n) is 3.26. The Kier molecular flexibility index (Phi) is 6.45. The van der Waals surface area contributed by atoms with Crippen molar-refractivity contribution < 1.29 is 14.3 Å². The van der Waals surface area contributed by atoms with Crippen LogP contribution in [0.2, 0.25) is 0 Å². The molecule has 6 nitrogen and oxygen atoms in total. The second kappa shape index (κ2) is 7.64. The zero-order valence-electron chi connectivity index (χ0n) is 13.9. The van der Waals surface area contributed by atoms with Crippen LogP contribution in [0.25, 0.3) is 0 Å². The van der Waals surface area contributed by atoms with E-state index in [0.29, 0.717) is 6.54 Å². The van der Waals surface area contributed by atoms with E-state index in [4.69, 9.17) is 4.74 Å². The van der Waals surface area contributed by atoms with E-state index in [1.54, 1.807) is 20.8 Å². The Hall–Kier alpha value is -1.30. The van der Waals surface area contributed by atoms with E-state index in [2.05, 4.69) is 10.6 Å². The van der Waals surface area contributed by atoms with Crippen molar-refractivity contribution in [2.75, 3.05) is 26.2 Å². The topological polar surface area (TPSA) is 70.7 Å². The van der Waals surface area contributed by atoms with E-state index in [1.165, 1.54) is 0 Å². The van der Waals surface area contributed by atoms with Crippen LogP contribution in [-0.4, -0.2) is 54.7 Å². The number of ether oxygens (including phenoxy) is 1. The summed E-state index contributed by atoms with van der Waals surface area (Å²) in [6.07, 6.45) is 0.394. The Morgan fingerprint density at radius 2 is 1.86 bits per heavy atom. The van der Waals surface area contributed by atoms with Gasteiger partial charge in [0, 0.05) is 19.6 Å². The summed E-state index contributed by atoms with van der Waals surface area (Å²) in [4.78, 5) is 26.4. The number of nitrogens with one attached hydrogen (secondary N) is 2. The fraction of sp³-hybridized carbons (Fsp3) is 0.867. The molecule has 0 aromatic heterocycles. The van der Waals surface area contributed by atoms with Gasteiger partial charge < -0.3 is 20.3 Å². The number of carbonyl (C=O) groups is 2. The SMILES string of the molecule is CC(C)C(NC(=O)OC(C)(C)C)C(=O)N1CCCNCC1. The minimum atomic E-state index is -0.568. The first-order valence-electron chi connectivity index (χ1n) is 7.70. The molecule has 2 N–H and O–H groups in total. The second-order valence-electron chi connectivity index (χ2n) is 6.80. The lowest BCUT2D eigenvalue weighted by Crippen LogP contribution is -2.52. The third kappa shape index (κ3) is 6.33. The van der Waals surface area contributed by atoms with E-state index in [-0.39, 0.29) is 11.8 Å². The highest BCUT2D eigenvalue weighted by Gasteiger charge is 2.30. The largest absolute Gasteiger partial charge is 0.444 e. The van der Waals surface area contributed by atoms with Gasteiger partial charge in [-0.05, 0) is 39.7 Å². The molecule has 1 aliphatic rings. The Morgan fingerprint density at radius 1 is 1.19 bits per heavy atom. The highest BCUT2D eigenvalue weighted by Crippen LogP contribution is 2.11. The molecule has 0 aromatic carbocycles. The summed E-state index contributed by atoms with van der Waals surface area (Å²) in [5, 5.41) is 5.98. The van der Waals surface area contributed by atoms with Gasteiger partial charge in [0.2, 0.25) is 5.91 Å². The Balaban J connectivity index is 2.67.